The first-order valence-electron chi connectivity index (χ1n) is 15.8. The van der Waals surface area contributed by atoms with Crippen LogP contribution in [-0.2, 0) is 28.6 Å². The number of benzene rings is 2. The van der Waals surface area contributed by atoms with Gasteiger partial charge < -0.3 is 28.4 Å². The molecule has 12 nitrogen and oxygen atoms in total. The van der Waals surface area contributed by atoms with Crippen molar-refractivity contribution in [1.82, 2.24) is 9.47 Å². The van der Waals surface area contributed by atoms with Crippen molar-refractivity contribution in [2.45, 2.75) is 38.3 Å². The average Bonchev–Trinajstić information content (AvgIpc) is 3.62. The first-order chi connectivity index (χ1) is 23.2. The van der Waals surface area contributed by atoms with Gasteiger partial charge in [-0.1, -0.05) is 23.4 Å². The van der Waals surface area contributed by atoms with Crippen LogP contribution >= 0.6 is 0 Å². The first kappa shape index (κ1) is 33.0. The normalized spacial score (nSPS) is 18.0. The molecule has 3 heterocycles. The maximum Gasteiger partial charge on any atom is 0.362 e. The van der Waals surface area contributed by atoms with Crippen LogP contribution in [0.4, 0.5) is 0 Å². The third kappa shape index (κ3) is 7.15. The van der Waals surface area contributed by atoms with E-state index in [1.54, 1.807) is 42.5 Å². The number of carbonyl (C=O) groups excluding carboxylic acids is 4. The third-order valence-corrected chi connectivity index (χ3v) is 8.70. The van der Waals surface area contributed by atoms with Crippen molar-refractivity contribution in [2.75, 3.05) is 46.6 Å². The number of nitrogens with zero attached hydrogens (tertiary/aromatic N) is 3. The van der Waals surface area contributed by atoms with E-state index >= 15 is 0 Å². The highest BCUT2D eigenvalue weighted by Crippen LogP contribution is 2.33. The quantitative estimate of drug-likeness (QED) is 0.0657. The predicted octanol–water partition coefficient (Wildman–Crippen LogP) is 4.23. The Morgan fingerprint density at radius 3 is 2.46 bits per heavy atom. The molecule has 1 unspecified atom stereocenters. The molecule has 2 saturated heterocycles. The molecular weight excluding hydrogens is 618 g/mol. The van der Waals surface area contributed by atoms with Gasteiger partial charge in [-0.25, -0.2) is 4.79 Å². The summed E-state index contributed by atoms with van der Waals surface area (Å²) < 4.78 is 23.4. The van der Waals surface area contributed by atoms with Crippen molar-refractivity contribution in [3.63, 3.8) is 0 Å². The molecule has 1 aliphatic carbocycles. The number of oxime groups is 1. The van der Waals surface area contributed by atoms with Gasteiger partial charge in [-0.15, -0.1) is 0 Å². The van der Waals surface area contributed by atoms with Crippen LogP contribution in [0.5, 0.6) is 5.75 Å². The molecule has 12 heteroatoms. The molecule has 2 aliphatic heterocycles. The second-order valence-electron chi connectivity index (χ2n) is 12.2. The van der Waals surface area contributed by atoms with Gasteiger partial charge in [0.15, 0.2) is 5.78 Å². The number of ether oxygens (including phenoxy) is 4. The minimum absolute atomic E-state index is 0.0371. The molecule has 48 heavy (non-hydrogen) atoms. The van der Waals surface area contributed by atoms with Crippen LogP contribution in [0.2, 0.25) is 0 Å². The summed E-state index contributed by atoms with van der Waals surface area (Å²) in [5.41, 5.74) is 1.55. The molecule has 0 amide bonds. The summed E-state index contributed by atoms with van der Waals surface area (Å²) in [4.78, 5) is 59.3. The Morgan fingerprint density at radius 2 is 1.79 bits per heavy atom. The summed E-state index contributed by atoms with van der Waals surface area (Å²) >= 11 is 0. The Kier molecular flexibility index (Phi) is 9.67. The van der Waals surface area contributed by atoms with Gasteiger partial charge in [-0.2, -0.15) is 0 Å². The van der Waals surface area contributed by atoms with E-state index < -0.39 is 29.7 Å². The zero-order chi connectivity index (χ0) is 33.8. The van der Waals surface area contributed by atoms with E-state index in [0.717, 1.165) is 10.9 Å². The van der Waals surface area contributed by atoms with Gasteiger partial charge in [-0.3, -0.25) is 19.3 Å². The average molecular weight is 656 g/mol. The van der Waals surface area contributed by atoms with Gasteiger partial charge >= 0.3 is 11.9 Å². The van der Waals surface area contributed by atoms with Crippen molar-refractivity contribution in [3.05, 3.63) is 83.6 Å². The van der Waals surface area contributed by atoms with Crippen molar-refractivity contribution in [1.29, 1.82) is 0 Å². The Hall–Kier alpha value is -4.91. The van der Waals surface area contributed by atoms with Crippen molar-refractivity contribution >= 4 is 40.1 Å². The zero-order valence-corrected chi connectivity index (χ0v) is 27.1. The third-order valence-electron chi connectivity index (χ3n) is 8.70. The number of hydrogen-bond donors (Lipinski definition) is 0. The molecule has 0 N–H and O–H groups in total. The van der Waals surface area contributed by atoms with Crippen LogP contribution in [0.25, 0.3) is 16.6 Å². The smallest absolute Gasteiger partial charge is 0.362 e. The van der Waals surface area contributed by atoms with Gasteiger partial charge in [0.05, 0.1) is 44.4 Å². The molecule has 2 fully saturated rings. The lowest BCUT2D eigenvalue weighted by Crippen LogP contribution is -2.54. The standard InChI is InChI=1S/C36H37N3O9/c1-36(2,38-14-16-45-17-15-38)34(42)29-20-39(31-13-12-26(18-28(29)31)46-21-27-22-47-27)25-10-8-23(9-11-25)33(41)30(19-32(40)44-3)37-48-35(43)24-6-4-5-7-24/h4-6,8-13,18,20,27H,7,14-17,19,21-22H2,1-3H3/b37-30+. The molecule has 0 radical (unpaired) electrons. The summed E-state index contributed by atoms with van der Waals surface area (Å²) in [5, 5.41) is 4.48. The highest BCUT2D eigenvalue weighted by molar-refractivity contribution is 6.48. The van der Waals surface area contributed by atoms with Crippen LogP contribution in [0, 0.1) is 0 Å². The molecule has 3 aliphatic rings. The minimum atomic E-state index is -0.790. The summed E-state index contributed by atoms with van der Waals surface area (Å²) in [5.74, 6) is -1.42. The second-order valence-corrected chi connectivity index (χ2v) is 12.2. The number of epoxide rings is 1. The number of fused-ring (bicyclic) bond motifs is 1. The van der Waals surface area contributed by atoms with E-state index in [-0.39, 0.29) is 23.2 Å². The minimum Gasteiger partial charge on any atom is -0.491 e. The number of hydrogen-bond acceptors (Lipinski definition) is 11. The number of esters is 1. The Morgan fingerprint density at radius 1 is 1.04 bits per heavy atom. The van der Waals surface area contributed by atoms with Crippen LogP contribution in [-0.4, -0.2) is 97.0 Å². The van der Waals surface area contributed by atoms with Gasteiger partial charge in [0.25, 0.3) is 0 Å². The summed E-state index contributed by atoms with van der Waals surface area (Å²) in [6.45, 7) is 7.40. The second kappa shape index (κ2) is 14.1. The number of morpholine rings is 1. The molecular formula is C36H37N3O9. The molecule has 2 aromatic carbocycles. The fourth-order valence-corrected chi connectivity index (χ4v) is 5.70. The largest absolute Gasteiger partial charge is 0.491 e. The highest BCUT2D eigenvalue weighted by atomic mass is 16.7. The van der Waals surface area contributed by atoms with Gasteiger partial charge in [0, 0.05) is 47.1 Å². The van der Waals surface area contributed by atoms with E-state index in [2.05, 4.69) is 10.1 Å². The highest BCUT2D eigenvalue weighted by Gasteiger charge is 2.37. The lowest BCUT2D eigenvalue weighted by molar-refractivity contribution is -0.141. The van der Waals surface area contributed by atoms with Crippen molar-refractivity contribution in [3.8, 4) is 11.4 Å². The number of allylic oxidation sites excluding steroid dienone is 3. The number of methoxy groups -OCH3 is 1. The van der Waals surface area contributed by atoms with Crippen LogP contribution in [0.3, 0.4) is 0 Å². The lowest BCUT2D eigenvalue weighted by Gasteiger charge is -2.39. The van der Waals surface area contributed by atoms with Crippen LogP contribution in [0.1, 0.15) is 47.4 Å². The van der Waals surface area contributed by atoms with Gasteiger partial charge in [0.2, 0.25) is 5.78 Å². The van der Waals surface area contributed by atoms with Crippen molar-refractivity contribution in [2.24, 2.45) is 5.16 Å². The molecule has 0 spiro atoms. The Labute approximate surface area is 277 Å². The number of carbonyl (C=O) groups is 4. The number of aromatic nitrogens is 1. The van der Waals surface area contributed by atoms with E-state index in [4.69, 9.17) is 23.8 Å². The fraction of sp³-hybridized carbons (Fsp3) is 0.361. The molecule has 250 valence electrons. The maximum atomic E-state index is 14.2. The molecule has 0 bridgehead atoms. The maximum absolute atomic E-state index is 14.2. The first-order valence-corrected chi connectivity index (χ1v) is 15.8. The van der Waals surface area contributed by atoms with E-state index in [9.17, 15) is 19.2 Å². The summed E-state index contributed by atoms with van der Waals surface area (Å²) in [7, 11) is 1.19. The van der Waals surface area contributed by atoms with Crippen LogP contribution < -0.4 is 4.74 Å². The van der Waals surface area contributed by atoms with E-state index in [0.29, 0.717) is 68.5 Å². The number of ketones is 2. The summed E-state index contributed by atoms with van der Waals surface area (Å²) in [6, 6.07) is 12.3. The molecule has 3 aromatic rings. The SMILES string of the molecule is COC(=O)C/C(=N\OC(=O)C1=CC=CC1)C(=O)c1ccc(-n2cc(C(=O)C(C)(C)N3CCOCC3)c3cc(OCC4CO4)ccc32)cc1. The monoisotopic (exact) mass is 655 g/mol. The molecule has 6 rings (SSSR count). The number of rotatable bonds is 13. The van der Waals surface area contributed by atoms with E-state index in [1.165, 1.54) is 7.11 Å². The topological polar surface area (TPSA) is 138 Å². The molecule has 1 aromatic heterocycles. The zero-order valence-electron chi connectivity index (χ0n) is 27.1. The lowest BCUT2D eigenvalue weighted by atomic mass is 9.90. The Bertz CT molecular complexity index is 1820. The fourth-order valence-electron chi connectivity index (χ4n) is 5.70. The Balaban J connectivity index is 1.30. The summed E-state index contributed by atoms with van der Waals surface area (Å²) in [6.07, 6.45) is 6.92. The van der Waals surface area contributed by atoms with Gasteiger partial charge in [-0.05, 0) is 62.7 Å². The molecule has 1 atom stereocenters. The van der Waals surface area contributed by atoms with E-state index in [1.807, 2.05) is 42.8 Å². The number of Topliss-reactive ketones (excluding diaryl/α,β-unsaturated/α-hetero) is 2. The van der Waals surface area contributed by atoms with Crippen LogP contribution in [0.15, 0.2) is 77.6 Å². The van der Waals surface area contributed by atoms with Crippen molar-refractivity contribution < 1.29 is 43.0 Å². The van der Waals surface area contributed by atoms with Gasteiger partial charge in [0.1, 0.15) is 24.2 Å². The molecule has 0 saturated carbocycles. The predicted molar refractivity (Wildman–Crippen MR) is 176 cm³/mol.